The third-order valence-corrected chi connectivity index (χ3v) is 3.75. The molecule has 0 aromatic heterocycles. The van der Waals surface area contributed by atoms with Crippen LogP contribution in [-0.2, 0) is 0 Å². The van der Waals surface area contributed by atoms with E-state index in [1.165, 1.54) is 6.07 Å². The Hall–Kier alpha value is -1.72. The summed E-state index contributed by atoms with van der Waals surface area (Å²) in [5.74, 6) is -0.444. The van der Waals surface area contributed by atoms with Gasteiger partial charge < -0.3 is 10.6 Å². The molecule has 1 aliphatic rings. The Balaban J connectivity index is 2.28. The van der Waals surface area contributed by atoms with E-state index in [0.717, 1.165) is 23.3 Å². The van der Waals surface area contributed by atoms with Crippen LogP contribution >= 0.6 is 0 Å². The molecule has 6 heteroatoms. The van der Waals surface area contributed by atoms with Gasteiger partial charge in [-0.3, -0.25) is 4.79 Å². The van der Waals surface area contributed by atoms with E-state index in [0.29, 0.717) is 5.69 Å². The predicted molar refractivity (Wildman–Crippen MR) is 74.9 cm³/mol. The molecule has 0 bridgehead atoms. The fraction of sp³-hybridized carbons (Fsp3) is 0.533. The van der Waals surface area contributed by atoms with Crippen molar-refractivity contribution in [1.82, 2.24) is 4.90 Å². The van der Waals surface area contributed by atoms with Gasteiger partial charge in [0.05, 0.1) is 0 Å². The molecule has 0 heterocycles. The zero-order valence-electron chi connectivity index (χ0n) is 12.1. The Morgan fingerprint density at radius 1 is 1.38 bits per heavy atom. The summed E-state index contributed by atoms with van der Waals surface area (Å²) in [5, 5.41) is 0. The van der Waals surface area contributed by atoms with Crippen LogP contribution in [-0.4, -0.2) is 29.6 Å². The quantitative estimate of drug-likeness (QED) is 0.866. The number of hydrogen-bond acceptors (Lipinski definition) is 2. The first-order valence-corrected chi connectivity index (χ1v) is 6.92. The number of hydrogen-bond donors (Lipinski definition) is 1. The molecule has 1 atom stereocenters. The maximum atomic E-state index is 12.8. The maximum absolute atomic E-state index is 12.8. The molecule has 21 heavy (non-hydrogen) atoms. The van der Waals surface area contributed by atoms with Gasteiger partial charge >= 0.3 is 6.18 Å². The van der Waals surface area contributed by atoms with E-state index in [9.17, 15) is 18.0 Å². The van der Waals surface area contributed by atoms with Crippen LogP contribution in [0.5, 0.6) is 0 Å². The van der Waals surface area contributed by atoms with Gasteiger partial charge in [-0.25, -0.2) is 0 Å². The molecule has 0 saturated heterocycles. The van der Waals surface area contributed by atoms with Crippen molar-refractivity contribution in [2.45, 2.75) is 38.9 Å². The number of carbonyl (C=O) groups excluding carboxylic acids is 1. The summed E-state index contributed by atoms with van der Waals surface area (Å²) in [4.78, 5) is 13.4. The van der Waals surface area contributed by atoms with Crippen molar-refractivity contribution in [3.63, 3.8) is 0 Å². The smallest absolute Gasteiger partial charge is 0.399 e. The minimum Gasteiger partial charge on any atom is -0.399 e. The van der Waals surface area contributed by atoms with Crippen molar-refractivity contribution in [3.8, 4) is 0 Å². The molecule has 2 rings (SSSR count). The summed E-state index contributed by atoms with van der Waals surface area (Å²) in [5.41, 5.74) is 7.03. The number of carbonyl (C=O) groups is 1. The van der Waals surface area contributed by atoms with E-state index < -0.39 is 24.7 Å². The molecule has 0 aliphatic heterocycles. The fourth-order valence-corrected chi connectivity index (χ4v) is 2.53. The van der Waals surface area contributed by atoms with Crippen molar-refractivity contribution >= 4 is 11.6 Å². The van der Waals surface area contributed by atoms with Gasteiger partial charge in [0.2, 0.25) is 0 Å². The Morgan fingerprint density at radius 2 is 2.00 bits per heavy atom. The third-order valence-electron chi connectivity index (χ3n) is 3.75. The lowest BCUT2D eigenvalue weighted by Crippen LogP contribution is -2.45. The maximum Gasteiger partial charge on any atom is 0.406 e. The number of aryl methyl sites for hydroxylation is 1. The number of alkyl halides is 3. The van der Waals surface area contributed by atoms with Crippen LogP contribution in [0.15, 0.2) is 18.2 Å². The zero-order chi connectivity index (χ0) is 15.8. The zero-order valence-corrected chi connectivity index (χ0v) is 12.1. The van der Waals surface area contributed by atoms with Crippen molar-refractivity contribution in [2.75, 3.05) is 12.3 Å². The molecule has 1 unspecified atom stereocenters. The highest BCUT2D eigenvalue weighted by Gasteiger charge is 2.40. The van der Waals surface area contributed by atoms with Gasteiger partial charge in [0, 0.05) is 17.3 Å². The van der Waals surface area contributed by atoms with Gasteiger partial charge in [0.15, 0.2) is 0 Å². The van der Waals surface area contributed by atoms with Gasteiger partial charge in [-0.05, 0) is 56.4 Å². The number of nitrogens with zero attached hydrogens (tertiary/aromatic N) is 1. The molecule has 1 aromatic carbocycles. The van der Waals surface area contributed by atoms with Crippen LogP contribution in [0.25, 0.3) is 0 Å². The third kappa shape index (κ3) is 4.12. The van der Waals surface area contributed by atoms with Crippen LogP contribution in [0.3, 0.4) is 0 Å². The lowest BCUT2D eigenvalue weighted by molar-refractivity contribution is -0.144. The highest BCUT2D eigenvalue weighted by atomic mass is 19.4. The largest absolute Gasteiger partial charge is 0.406 e. The van der Waals surface area contributed by atoms with E-state index in [1.807, 2.05) is 0 Å². The Labute approximate surface area is 121 Å². The van der Waals surface area contributed by atoms with E-state index in [2.05, 4.69) is 0 Å². The molecule has 116 valence electrons. The molecule has 1 amide bonds. The molecule has 0 radical (unpaired) electrons. The van der Waals surface area contributed by atoms with Gasteiger partial charge in [-0.2, -0.15) is 13.2 Å². The van der Waals surface area contributed by atoms with Crippen molar-refractivity contribution in [2.24, 2.45) is 5.92 Å². The Bertz CT molecular complexity index is 518. The first kappa shape index (κ1) is 15.7. The molecule has 3 nitrogen and oxygen atoms in total. The number of benzene rings is 1. The van der Waals surface area contributed by atoms with Gasteiger partial charge in [0.25, 0.3) is 5.91 Å². The van der Waals surface area contributed by atoms with Crippen molar-refractivity contribution in [3.05, 3.63) is 29.3 Å². The number of rotatable bonds is 4. The van der Waals surface area contributed by atoms with Crippen LogP contribution in [0.4, 0.5) is 18.9 Å². The first-order valence-electron chi connectivity index (χ1n) is 6.92. The van der Waals surface area contributed by atoms with Crippen molar-refractivity contribution in [1.29, 1.82) is 0 Å². The fourth-order valence-electron chi connectivity index (χ4n) is 2.53. The summed E-state index contributed by atoms with van der Waals surface area (Å²) >= 11 is 0. The molecule has 1 aromatic rings. The molecular formula is C15H19F3N2O. The molecule has 1 fully saturated rings. The minimum atomic E-state index is -4.41. The highest BCUT2D eigenvalue weighted by molar-refractivity contribution is 5.95. The summed E-state index contributed by atoms with van der Waals surface area (Å²) in [6.45, 7) is 2.21. The van der Waals surface area contributed by atoms with E-state index >= 15 is 0 Å². The number of anilines is 1. The van der Waals surface area contributed by atoms with E-state index in [-0.39, 0.29) is 11.5 Å². The molecule has 0 spiro atoms. The summed E-state index contributed by atoms with van der Waals surface area (Å²) in [6, 6.07) is 4.26. The minimum absolute atomic E-state index is 0.165. The Morgan fingerprint density at radius 3 is 2.48 bits per heavy atom. The van der Waals surface area contributed by atoms with Crippen LogP contribution in [0.2, 0.25) is 0 Å². The summed E-state index contributed by atoms with van der Waals surface area (Å²) in [6.07, 6.45) is -2.66. The normalized spacial score (nSPS) is 16.6. The first-order chi connectivity index (χ1) is 9.67. The topological polar surface area (TPSA) is 46.3 Å². The Kier molecular flexibility index (Phi) is 4.16. The second-order valence-electron chi connectivity index (χ2n) is 5.76. The SMILES string of the molecule is Cc1cc(N)cc(C(=O)N(CC(F)(F)F)C(C)C2CC2)c1. The van der Waals surface area contributed by atoms with Crippen LogP contribution in [0, 0.1) is 12.8 Å². The lowest BCUT2D eigenvalue weighted by atomic mass is 10.1. The number of nitrogen functional groups attached to an aromatic ring is 1. The average molecular weight is 300 g/mol. The number of amides is 1. The second-order valence-corrected chi connectivity index (χ2v) is 5.76. The van der Waals surface area contributed by atoms with Gasteiger partial charge in [-0.15, -0.1) is 0 Å². The number of nitrogens with two attached hydrogens (primary N) is 1. The summed E-state index contributed by atoms with van der Waals surface area (Å²) < 4.78 is 38.3. The summed E-state index contributed by atoms with van der Waals surface area (Å²) in [7, 11) is 0. The van der Waals surface area contributed by atoms with Gasteiger partial charge in [0.1, 0.15) is 6.54 Å². The molecule has 2 N–H and O–H groups in total. The van der Waals surface area contributed by atoms with Crippen LogP contribution < -0.4 is 5.73 Å². The monoisotopic (exact) mass is 300 g/mol. The lowest BCUT2D eigenvalue weighted by Gasteiger charge is -2.30. The average Bonchev–Trinajstić information content (AvgIpc) is 3.16. The molecular weight excluding hydrogens is 281 g/mol. The molecule has 1 aliphatic carbocycles. The van der Waals surface area contributed by atoms with Crippen molar-refractivity contribution < 1.29 is 18.0 Å². The second kappa shape index (κ2) is 5.58. The standard InChI is InChI=1S/C15H19F3N2O/c1-9-5-12(7-13(19)6-9)14(21)20(8-15(16,17)18)10(2)11-3-4-11/h5-7,10-11H,3-4,8,19H2,1-2H3. The van der Waals surface area contributed by atoms with Crippen LogP contribution in [0.1, 0.15) is 35.7 Å². The molecule has 1 saturated carbocycles. The van der Waals surface area contributed by atoms with E-state index in [4.69, 9.17) is 5.73 Å². The highest BCUT2D eigenvalue weighted by Crippen LogP contribution is 2.36. The predicted octanol–water partition coefficient (Wildman–Crippen LogP) is 3.38. The van der Waals surface area contributed by atoms with Gasteiger partial charge in [-0.1, -0.05) is 0 Å². The van der Waals surface area contributed by atoms with E-state index in [1.54, 1.807) is 26.0 Å². The number of halogens is 3.